The van der Waals surface area contributed by atoms with Crippen LogP contribution in [0, 0.1) is 5.92 Å². The van der Waals surface area contributed by atoms with Gasteiger partial charge in [0.15, 0.2) is 0 Å². The summed E-state index contributed by atoms with van der Waals surface area (Å²) in [6.45, 7) is 2.11. The molecule has 1 aliphatic rings. The van der Waals surface area contributed by atoms with Crippen LogP contribution in [0.5, 0.6) is 5.75 Å². The summed E-state index contributed by atoms with van der Waals surface area (Å²) in [5, 5.41) is 0. The molecule has 0 bridgehead atoms. The third-order valence-corrected chi connectivity index (χ3v) is 4.41. The van der Waals surface area contributed by atoms with Gasteiger partial charge in [-0.1, -0.05) is 24.3 Å². The van der Waals surface area contributed by atoms with Gasteiger partial charge in [0, 0.05) is 0 Å². The van der Waals surface area contributed by atoms with Crippen LogP contribution >= 0.6 is 0 Å². The first kappa shape index (κ1) is 14.2. The quantitative estimate of drug-likeness (QED) is 0.649. The van der Waals surface area contributed by atoms with E-state index in [0.717, 1.165) is 17.6 Å². The summed E-state index contributed by atoms with van der Waals surface area (Å²) >= 11 is 0. The minimum atomic E-state index is 0.767. The maximum atomic E-state index is 5.22. The lowest BCUT2D eigenvalue weighted by atomic mass is 9.77. The van der Waals surface area contributed by atoms with Gasteiger partial charge in [0.1, 0.15) is 5.75 Å². The third kappa shape index (κ3) is 4.12. The van der Waals surface area contributed by atoms with Gasteiger partial charge in [0.2, 0.25) is 0 Å². The number of methoxy groups -OCH3 is 1. The summed E-state index contributed by atoms with van der Waals surface area (Å²) in [6.07, 6.45) is 12.6. The van der Waals surface area contributed by atoms with Crippen molar-refractivity contribution in [1.29, 1.82) is 0 Å². The van der Waals surface area contributed by atoms with Crippen LogP contribution in [-0.2, 0) is 0 Å². The standard InChI is InChI=1S/C18H26O/c1-3-4-5-6-15-7-9-16(10-8-15)17-11-13-18(19-2)14-12-17/h3-4,11-16H,5-10H2,1-2H3/b4-3+. The van der Waals surface area contributed by atoms with Crippen LogP contribution in [0.1, 0.15) is 56.9 Å². The molecule has 0 heterocycles. The van der Waals surface area contributed by atoms with Crippen LogP contribution in [0.2, 0.25) is 0 Å². The van der Waals surface area contributed by atoms with Gasteiger partial charge in [-0.2, -0.15) is 0 Å². The molecule has 104 valence electrons. The Morgan fingerprint density at radius 2 is 1.79 bits per heavy atom. The Hall–Kier alpha value is -1.24. The first-order valence-electron chi connectivity index (χ1n) is 7.58. The molecule has 0 aromatic heterocycles. The number of allylic oxidation sites excluding steroid dienone is 2. The molecule has 19 heavy (non-hydrogen) atoms. The van der Waals surface area contributed by atoms with E-state index in [4.69, 9.17) is 4.74 Å². The highest BCUT2D eigenvalue weighted by molar-refractivity contribution is 5.29. The molecule has 0 saturated heterocycles. The smallest absolute Gasteiger partial charge is 0.118 e. The zero-order chi connectivity index (χ0) is 13.5. The van der Waals surface area contributed by atoms with Gasteiger partial charge in [0.25, 0.3) is 0 Å². The molecule has 2 rings (SSSR count). The van der Waals surface area contributed by atoms with Gasteiger partial charge in [-0.3, -0.25) is 0 Å². The maximum Gasteiger partial charge on any atom is 0.118 e. The van der Waals surface area contributed by atoms with Gasteiger partial charge in [-0.05, 0) is 75.0 Å². The fraction of sp³-hybridized carbons (Fsp3) is 0.556. The van der Waals surface area contributed by atoms with Crippen LogP contribution in [0.25, 0.3) is 0 Å². The molecule has 0 atom stereocenters. The van der Waals surface area contributed by atoms with Crippen LogP contribution in [0.15, 0.2) is 36.4 Å². The summed E-state index contributed by atoms with van der Waals surface area (Å²) < 4.78 is 5.22. The van der Waals surface area contributed by atoms with Crippen molar-refractivity contribution in [2.45, 2.75) is 51.4 Å². The number of rotatable bonds is 5. The number of benzene rings is 1. The summed E-state index contributed by atoms with van der Waals surface area (Å²) in [4.78, 5) is 0. The monoisotopic (exact) mass is 258 g/mol. The second kappa shape index (κ2) is 7.37. The van der Waals surface area contributed by atoms with Crippen molar-refractivity contribution in [3.8, 4) is 5.75 Å². The van der Waals surface area contributed by atoms with Gasteiger partial charge in [0.05, 0.1) is 7.11 Å². The summed E-state index contributed by atoms with van der Waals surface area (Å²) in [5.74, 6) is 2.68. The molecule has 1 aromatic carbocycles. The Kier molecular flexibility index (Phi) is 5.50. The van der Waals surface area contributed by atoms with E-state index in [9.17, 15) is 0 Å². The molecule has 1 nitrogen and oxygen atoms in total. The molecule has 0 N–H and O–H groups in total. The van der Waals surface area contributed by atoms with Gasteiger partial charge < -0.3 is 4.74 Å². The first-order valence-corrected chi connectivity index (χ1v) is 7.58. The molecule has 0 spiro atoms. The van der Waals surface area contributed by atoms with Crippen LogP contribution in [-0.4, -0.2) is 7.11 Å². The van der Waals surface area contributed by atoms with Gasteiger partial charge in [-0.25, -0.2) is 0 Å². The van der Waals surface area contributed by atoms with Crippen molar-refractivity contribution in [3.05, 3.63) is 42.0 Å². The minimum Gasteiger partial charge on any atom is -0.497 e. The SMILES string of the molecule is C/C=C/CCC1CCC(c2ccc(OC)cc2)CC1. The molecule has 0 aliphatic heterocycles. The number of hydrogen-bond donors (Lipinski definition) is 0. The third-order valence-electron chi connectivity index (χ3n) is 4.41. The molecule has 1 fully saturated rings. The van der Waals surface area contributed by atoms with Crippen LogP contribution in [0.3, 0.4) is 0 Å². The molecule has 1 saturated carbocycles. The van der Waals surface area contributed by atoms with Gasteiger partial charge >= 0.3 is 0 Å². The highest BCUT2D eigenvalue weighted by Gasteiger charge is 2.21. The van der Waals surface area contributed by atoms with Crippen LogP contribution < -0.4 is 4.74 Å². The molecule has 1 heteroatoms. The van der Waals surface area contributed by atoms with Crippen molar-refractivity contribution < 1.29 is 4.74 Å². The lowest BCUT2D eigenvalue weighted by Gasteiger charge is -2.28. The fourth-order valence-corrected chi connectivity index (χ4v) is 3.16. The molecular weight excluding hydrogens is 232 g/mol. The Bertz CT molecular complexity index is 383. The average Bonchev–Trinajstić information content (AvgIpc) is 2.48. The van der Waals surface area contributed by atoms with E-state index in [1.165, 1.54) is 44.1 Å². The minimum absolute atomic E-state index is 0.767. The van der Waals surface area contributed by atoms with E-state index in [1.54, 1.807) is 7.11 Å². The topological polar surface area (TPSA) is 9.23 Å². The zero-order valence-corrected chi connectivity index (χ0v) is 12.3. The predicted octanol–water partition coefficient (Wildman–Crippen LogP) is 5.33. The van der Waals surface area contributed by atoms with E-state index < -0.39 is 0 Å². The Morgan fingerprint density at radius 1 is 1.11 bits per heavy atom. The van der Waals surface area contributed by atoms with E-state index in [1.807, 2.05) is 0 Å². The normalized spacial score (nSPS) is 23.7. The van der Waals surface area contributed by atoms with E-state index in [-0.39, 0.29) is 0 Å². The Balaban J connectivity index is 1.81. The number of ether oxygens (including phenoxy) is 1. The highest BCUT2D eigenvalue weighted by atomic mass is 16.5. The summed E-state index contributed by atoms with van der Waals surface area (Å²) in [7, 11) is 1.73. The average molecular weight is 258 g/mol. The second-order valence-corrected chi connectivity index (χ2v) is 5.64. The van der Waals surface area contributed by atoms with Crippen molar-refractivity contribution in [1.82, 2.24) is 0 Å². The first-order chi connectivity index (χ1) is 9.33. The van der Waals surface area contributed by atoms with Gasteiger partial charge in [-0.15, -0.1) is 0 Å². The molecular formula is C18H26O. The predicted molar refractivity (Wildman–Crippen MR) is 81.7 cm³/mol. The lowest BCUT2D eigenvalue weighted by Crippen LogP contribution is -2.13. The number of hydrogen-bond acceptors (Lipinski definition) is 1. The molecule has 0 amide bonds. The lowest BCUT2D eigenvalue weighted by molar-refractivity contribution is 0.311. The summed E-state index contributed by atoms with van der Waals surface area (Å²) in [5.41, 5.74) is 1.49. The van der Waals surface area contributed by atoms with Crippen molar-refractivity contribution in [2.75, 3.05) is 7.11 Å². The fourth-order valence-electron chi connectivity index (χ4n) is 3.16. The Labute approximate surface area is 117 Å². The second-order valence-electron chi connectivity index (χ2n) is 5.64. The zero-order valence-electron chi connectivity index (χ0n) is 12.3. The van der Waals surface area contributed by atoms with Crippen LogP contribution in [0.4, 0.5) is 0 Å². The molecule has 0 radical (unpaired) electrons. The van der Waals surface area contributed by atoms with E-state index in [2.05, 4.69) is 43.3 Å². The molecule has 0 unspecified atom stereocenters. The largest absolute Gasteiger partial charge is 0.497 e. The highest BCUT2D eigenvalue weighted by Crippen LogP contribution is 2.37. The Morgan fingerprint density at radius 3 is 2.37 bits per heavy atom. The van der Waals surface area contributed by atoms with Crippen molar-refractivity contribution >= 4 is 0 Å². The molecule has 1 aliphatic carbocycles. The van der Waals surface area contributed by atoms with Crippen molar-refractivity contribution in [3.63, 3.8) is 0 Å². The van der Waals surface area contributed by atoms with Crippen molar-refractivity contribution in [2.24, 2.45) is 5.92 Å². The summed E-state index contributed by atoms with van der Waals surface area (Å²) in [6, 6.07) is 8.66. The molecule has 1 aromatic rings. The maximum absolute atomic E-state index is 5.22. The van der Waals surface area contributed by atoms with E-state index >= 15 is 0 Å². The van der Waals surface area contributed by atoms with E-state index in [0.29, 0.717) is 0 Å².